The molecule has 5 rings (SSSR count). The van der Waals surface area contributed by atoms with E-state index >= 15 is 0 Å². The maximum atomic E-state index is 13.2. The first-order chi connectivity index (χ1) is 20.4. The van der Waals surface area contributed by atoms with Crippen LogP contribution in [0.5, 0.6) is 0 Å². The number of hydrogen-bond acceptors (Lipinski definition) is 9. The Balaban J connectivity index is 1.47. The van der Waals surface area contributed by atoms with Crippen LogP contribution in [-0.4, -0.2) is 59.9 Å². The predicted molar refractivity (Wildman–Crippen MR) is 150 cm³/mol. The van der Waals surface area contributed by atoms with Crippen LogP contribution >= 0.6 is 0 Å². The van der Waals surface area contributed by atoms with Crippen LogP contribution in [0.3, 0.4) is 0 Å². The summed E-state index contributed by atoms with van der Waals surface area (Å²) in [6, 6.07) is 25.0. The number of ether oxygens (including phenoxy) is 4. The molecule has 0 aliphatic carbocycles. The maximum Gasteiger partial charge on any atom is 0.338 e. The number of rotatable bonds is 9. The fourth-order valence-electron chi connectivity index (χ4n) is 4.60. The van der Waals surface area contributed by atoms with Crippen molar-refractivity contribution >= 4 is 23.8 Å². The van der Waals surface area contributed by atoms with Crippen molar-refractivity contribution < 1.29 is 38.1 Å². The lowest BCUT2D eigenvalue weighted by Crippen LogP contribution is -2.45. The van der Waals surface area contributed by atoms with Gasteiger partial charge in [0.2, 0.25) is 5.91 Å². The van der Waals surface area contributed by atoms with E-state index in [-0.39, 0.29) is 17.7 Å². The Kier molecular flexibility index (Phi) is 8.74. The fraction of sp³-hybridized carbons (Fsp3) is 0.188. The van der Waals surface area contributed by atoms with Crippen molar-refractivity contribution in [2.45, 2.75) is 31.0 Å². The summed E-state index contributed by atoms with van der Waals surface area (Å²) in [6.45, 7) is -0.319. The van der Waals surface area contributed by atoms with Gasteiger partial charge >= 0.3 is 17.9 Å². The summed E-state index contributed by atoms with van der Waals surface area (Å²) in [6.07, 6.45) is 0.658. The zero-order valence-electron chi connectivity index (χ0n) is 22.4. The van der Waals surface area contributed by atoms with Crippen LogP contribution in [0.1, 0.15) is 37.5 Å². The Labute approximate surface area is 241 Å². The second-order valence-electron chi connectivity index (χ2n) is 9.56. The highest BCUT2D eigenvalue weighted by molar-refractivity contribution is 5.92. The summed E-state index contributed by atoms with van der Waals surface area (Å²) in [7, 11) is 0. The van der Waals surface area contributed by atoms with Crippen LogP contribution in [0.2, 0.25) is 0 Å². The van der Waals surface area contributed by atoms with Crippen molar-refractivity contribution in [1.82, 2.24) is 4.90 Å². The molecule has 0 bridgehead atoms. The molecule has 0 radical (unpaired) electrons. The zero-order valence-corrected chi connectivity index (χ0v) is 22.4. The van der Waals surface area contributed by atoms with Gasteiger partial charge in [-0.1, -0.05) is 60.7 Å². The lowest BCUT2D eigenvalue weighted by atomic mass is 10.1. The lowest BCUT2D eigenvalue weighted by molar-refractivity contribution is -0.115. The standard InChI is InChI=1S/C32H28N2O8/c33-28(35)24-17-10-18-34(19-24)29-27(42-32(38)23-15-8-3-9-16-23)26(41-31(37)22-13-6-2-7-14-22)25(40-29)20-39-30(36)21-11-4-1-5-12-21/h1-16,18-19,25-27,29H,17,20H2,(H2,33,35)/t25-,26-,27-,29-/m1/s1. The average molecular weight is 569 g/mol. The average Bonchev–Trinajstić information content (AvgIpc) is 3.37. The molecular formula is C32H28N2O8. The number of carbonyl (C=O) groups is 4. The van der Waals surface area contributed by atoms with Gasteiger partial charge in [0.15, 0.2) is 18.4 Å². The van der Waals surface area contributed by atoms with Crippen LogP contribution in [0.25, 0.3) is 0 Å². The van der Waals surface area contributed by atoms with E-state index in [9.17, 15) is 19.2 Å². The molecule has 2 aliphatic heterocycles. The van der Waals surface area contributed by atoms with E-state index in [1.807, 2.05) is 0 Å². The van der Waals surface area contributed by atoms with Crippen molar-refractivity contribution in [3.8, 4) is 0 Å². The number of carbonyl (C=O) groups excluding carboxylic acids is 4. The summed E-state index contributed by atoms with van der Waals surface area (Å²) >= 11 is 0. The SMILES string of the molecule is NC(=O)C1=CN([C@@H]2O[C@H](COC(=O)c3ccccc3)[C@@H](OC(=O)c3ccccc3)[C@H]2OC(=O)c2ccccc2)C=CC1. The lowest BCUT2D eigenvalue weighted by Gasteiger charge is -2.31. The molecule has 4 atom stereocenters. The predicted octanol–water partition coefficient (Wildman–Crippen LogP) is 3.61. The molecule has 2 N–H and O–H groups in total. The van der Waals surface area contributed by atoms with E-state index in [2.05, 4.69) is 0 Å². The van der Waals surface area contributed by atoms with Gasteiger partial charge in [0, 0.05) is 18.0 Å². The summed E-state index contributed by atoms with van der Waals surface area (Å²) < 4.78 is 23.6. The number of benzene rings is 3. The maximum absolute atomic E-state index is 13.2. The minimum atomic E-state index is -1.20. The number of amides is 1. The highest BCUT2D eigenvalue weighted by atomic mass is 16.7. The first kappa shape index (κ1) is 28.3. The molecule has 2 heterocycles. The normalized spacial score (nSPS) is 21.2. The van der Waals surface area contributed by atoms with E-state index in [4.69, 9.17) is 24.7 Å². The van der Waals surface area contributed by atoms with Crippen molar-refractivity contribution in [3.63, 3.8) is 0 Å². The summed E-state index contributed by atoms with van der Waals surface area (Å²) in [5, 5.41) is 0. The van der Waals surface area contributed by atoms with Crippen LogP contribution < -0.4 is 5.73 Å². The summed E-state index contributed by atoms with van der Waals surface area (Å²) in [5.41, 5.74) is 6.68. The summed E-state index contributed by atoms with van der Waals surface area (Å²) in [5.74, 6) is -2.60. The number of nitrogens with two attached hydrogens (primary N) is 1. The molecule has 3 aromatic rings. The van der Waals surface area contributed by atoms with E-state index in [1.165, 1.54) is 11.1 Å². The van der Waals surface area contributed by atoms with E-state index < -0.39 is 48.4 Å². The quantitative estimate of drug-likeness (QED) is 0.303. The zero-order chi connectivity index (χ0) is 29.5. The van der Waals surface area contributed by atoms with Crippen molar-refractivity contribution in [1.29, 1.82) is 0 Å². The van der Waals surface area contributed by atoms with Crippen molar-refractivity contribution in [3.05, 3.63) is 132 Å². The molecule has 0 unspecified atom stereocenters. The van der Waals surface area contributed by atoms with Crippen molar-refractivity contribution in [2.75, 3.05) is 6.61 Å². The Morgan fingerprint density at radius 3 is 1.76 bits per heavy atom. The number of allylic oxidation sites excluding steroid dienone is 1. The van der Waals surface area contributed by atoms with Gasteiger partial charge in [0.25, 0.3) is 0 Å². The minimum Gasteiger partial charge on any atom is -0.459 e. The van der Waals surface area contributed by atoms with E-state index in [0.29, 0.717) is 17.6 Å². The number of esters is 3. The molecule has 0 aromatic heterocycles. The van der Waals surface area contributed by atoms with Crippen LogP contribution in [0, 0.1) is 0 Å². The second-order valence-corrected chi connectivity index (χ2v) is 9.56. The summed E-state index contributed by atoms with van der Waals surface area (Å²) in [4.78, 5) is 52.6. The smallest absolute Gasteiger partial charge is 0.338 e. The first-order valence-electron chi connectivity index (χ1n) is 13.2. The van der Waals surface area contributed by atoms with Gasteiger partial charge in [-0.15, -0.1) is 0 Å². The Hall–Kier alpha value is -5.22. The van der Waals surface area contributed by atoms with Crippen LogP contribution in [0.15, 0.2) is 115 Å². The molecule has 1 fully saturated rings. The van der Waals surface area contributed by atoms with Crippen LogP contribution in [-0.2, 0) is 23.7 Å². The number of nitrogens with zero attached hydrogens (tertiary/aromatic N) is 1. The monoisotopic (exact) mass is 568 g/mol. The first-order valence-corrected chi connectivity index (χ1v) is 13.2. The number of primary amides is 1. The molecule has 1 amide bonds. The van der Waals surface area contributed by atoms with E-state index in [1.54, 1.807) is 103 Å². The molecule has 3 aromatic carbocycles. The second kappa shape index (κ2) is 13.0. The van der Waals surface area contributed by atoms with Gasteiger partial charge < -0.3 is 29.6 Å². The molecule has 42 heavy (non-hydrogen) atoms. The molecule has 10 heteroatoms. The third-order valence-corrected chi connectivity index (χ3v) is 6.71. The van der Waals surface area contributed by atoms with E-state index in [0.717, 1.165) is 0 Å². The molecule has 0 saturated carbocycles. The van der Waals surface area contributed by atoms with Gasteiger partial charge in [-0.3, -0.25) is 4.79 Å². The number of hydrogen-bond donors (Lipinski definition) is 1. The minimum absolute atomic E-state index is 0.267. The highest BCUT2D eigenvalue weighted by Crippen LogP contribution is 2.33. The molecule has 0 spiro atoms. The van der Waals surface area contributed by atoms with Gasteiger partial charge in [-0.25, -0.2) is 14.4 Å². The molecule has 2 aliphatic rings. The molecule has 214 valence electrons. The van der Waals surface area contributed by atoms with Gasteiger partial charge in [0.05, 0.1) is 16.7 Å². The van der Waals surface area contributed by atoms with Gasteiger partial charge in [-0.05, 0) is 42.8 Å². The third-order valence-electron chi connectivity index (χ3n) is 6.71. The Morgan fingerprint density at radius 2 is 1.24 bits per heavy atom. The van der Waals surface area contributed by atoms with Gasteiger partial charge in [-0.2, -0.15) is 0 Å². The third kappa shape index (κ3) is 6.56. The van der Waals surface area contributed by atoms with Gasteiger partial charge in [0.1, 0.15) is 12.7 Å². The largest absolute Gasteiger partial charge is 0.459 e. The molecular weight excluding hydrogens is 540 g/mol. The molecule has 10 nitrogen and oxygen atoms in total. The Morgan fingerprint density at radius 1 is 0.738 bits per heavy atom. The highest BCUT2D eigenvalue weighted by Gasteiger charge is 2.52. The molecule has 1 saturated heterocycles. The van der Waals surface area contributed by atoms with Crippen LogP contribution in [0.4, 0.5) is 0 Å². The Bertz CT molecular complexity index is 1490. The van der Waals surface area contributed by atoms with Crippen molar-refractivity contribution in [2.24, 2.45) is 5.73 Å². The topological polar surface area (TPSA) is 134 Å². The fourth-order valence-corrected chi connectivity index (χ4v) is 4.60.